The average Bonchev–Trinajstić information content (AvgIpc) is 2.25. The van der Waals surface area contributed by atoms with E-state index in [0.717, 1.165) is 12.8 Å². The summed E-state index contributed by atoms with van der Waals surface area (Å²) < 4.78 is 10.7. The van der Waals surface area contributed by atoms with Crippen LogP contribution in [-0.4, -0.2) is 33.8 Å². The molecule has 0 aliphatic heterocycles. The van der Waals surface area contributed by atoms with Gasteiger partial charge in [0.15, 0.2) is 0 Å². The summed E-state index contributed by atoms with van der Waals surface area (Å²) in [6.07, 6.45) is 4.44. The van der Waals surface area contributed by atoms with Crippen molar-refractivity contribution in [2.45, 2.75) is 51.4 Å². The SMILES string of the molecule is CC(C)(C)OC(=O)N[C@H]1C[C@@H](Oc2ncccn2)C1. The fourth-order valence-electron chi connectivity index (χ4n) is 1.75. The van der Waals surface area contributed by atoms with E-state index in [1.807, 2.05) is 20.8 Å². The second-order valence-corrected chi connectivity index (χ2v) is 5.59. The average molecular weight is 265 g/mol. The molecule has 1 fully saturated rings. The summed E-state index contributed by atoms with van der Waals surface area (Å²) in [6, 6.07) is 2.22. The van der Waals surface area contributed by atoms with Crippen molar-refractivity contribution in [1.82, 2.24) is 15.3 Å². The van der Waals surface area contributed by atoms with Gasteiger partial charge in [0.1, 0.15) is 11.7 Å². The molecule has 1 aromatic rings. The fraction of sp³-hybridized carbons (Fsp3) is 0.615. The van der Waals surface area contributed by atoms with Gasteiger partial charge < -0.3 is 14.8 Å². The Balaban J connectivity index is 1.68. The smallest absolute Gasteiger partial charge is 0.407 e. The largest absolute Gasteiger partial charge is 0.460 e. The molecule has 2 rings (SSSR count). The maximum Gasteiger partial charge on any atom is 0.407 e. The second kappa shape index (κ2) is 5.42. The van der Waals surface area contributed by atoms with Crippen LogP contribution in [0.5, 0.6) is 6.01 Å². The van der Waals surface area contributed by atoms with Gasteiger partial charge >= 0.3 is 12.1 Å². The van der Waals surface area contributed by atoms with Crippen molar-refractivity contribution >= 4 is 6.09 Å². The van der Waals surface area contributed by atoms with Crippen LogP contribution in [0.3, 0.4) is 0 Å². The number of carbonyl (C=O) groups excluding carboxylic acids is 1. The van der Waals surface area contributed by atoms with Gasteiger partial charge in [0, 0.05) is 31.3 Å². The minimum absolute atomic E-state index is 0.0577. The summed E-state index contributed by atoms with van der Waals surface area (Å²) in [5.74, 6) is 0. The van der Waals surface area contributed by atoms with Gasteiger partial charge in [-0.05, 0) is 26.8 Å². The minimum atomic E-state index is -0.471. The Morgan fingerprint density at radius 3 is 2.53 bits per heavy atom. The predicted molar refractivity (Wildman–Crippen MR) is 68.8 cm³/mol. The molecule has 1 heterocycles. The highest BCUT2D eigenvalue weighted by Crippen LogP contribution is 2.24. The molecule has 1 amide bonds. The predicted octanol–water partition coefficient (Wildman–Crippen LogP) is 1.91. The van der Waals surface area contributed by atoms with E-state index in [9.17, 15) is 4.79 Å². The molecule has 1 aliphatic rings. The number of ether oxygens (including phenoxy) is 2. The second-order valence-electron chi connectivity index (χ2n) is 5.59. The van der Waals surface area contributed by atoms with Gasteiger partial charge in [-0.3, -0.25) is 0 Å². The Morgan fingerprint density at radius 1 is 1.32 bits per heavy atom. The highest BCUT2D eigenvalue weighted by molar-refractivity contribution is 5.68. The normalized spacial score (nSPS) is 22.3. The van der Waals surface area contributed by atoms with E-state index in [2.05, 4.69) is 15.3 Å². The van der Waals surface area contributed by atoms with Crippen LogP contribution >= 0.6 is 0 Å². The molecule has 0 bridgehead atoms. The molecular weight excluding hydrogens is 246 g/mol. The Labute approximate surface area is 112 Å². The number of carbonyl (C=O) groups is 1. The topological polar surface area (TPSA) is 73.3 Å². The first kappa shape index (κ1) is 13.6. The number of nitrogens with zero attached hydrogens (tertiary/aromatic N) is 2. The molecule has 0 saturated heterocycles. The zero-order chi connectivity index (χ0) is 13.9. The van der Waals surface area contributed by atoms with Gasteiger partial charge in [-0.2, -0.15) is 0 Å². The quantitative estimate of drug-likeness (QED) is 0.903. The molecule has 0 unspecified atom stereocenters. The number of alkyl carbamates (subject to hydrolysis) is 1. The number of hydrogen-bond donors (Lipinski definition) is 1. The maximum atomic E-state index is 11.5. The summed E-state index contributed by atoms with van der Waals surface area (Å²) in [7, 11) is 0. The molecule has 0 radical (unpaired) electrons. The van der Waals surface area contributed by atoms with Crippen molar-refractivity contribution in [3.63, 3.8) is 0 Å². The minimum Gasteiger partial charge on any atom is -0.460 e. The monoisotopic (exact) mass is 265 g/mol. The van der Waals surface area contributed by atoms with E-state index in [4.69, 9.17) is 9.47 Å². The summed E-state index contributed by atoms with van der Waals surface area (Å²) >= 11 is 0. The van der Waals surface area contributed by atoms with E-state index >= 15 is 0 Å². The van der Waals surface area contributed by atoms with Gasteiger partial charge in [0.2, 0.25) is 0 Å². The standard InChI is InChI=1S/C13H19N3O3/c1-13(2,3)19-12(17)16-9-7-10(8-9)18-11-14-5-4-6-15-11/h4-6,9-10H,7-8H2,1-3H3,(H,16,17)/t9-,10+. The van der Waals surface area contributed by atoms with Crippen LogP contribution in [0.25, 0.3) is 0 Å². The summed E-state index contributed by atoms with van der Waals surface area (Å²) in [5.41, 5.74) is -0.471. The number of nitrogens with one attached hydrogen (secondary N) is 1. The van der Waals surface area contributed by atoms with Crippen LogP contribution in [0.1, 0.15) is 33.6 Å². The van der Waals surface area contributed by atoms with Crippen LogP contribution in [0.2, 0.25) is 0 Å². The van der Waals surface area contributed by atoms with E-state index in [0.29, 0.717) is 6.01 Å². The van der Waals surface area contributed by atoms with Gasteiger partial charge in [0.05, 0.1) is 0 Å². The van der Waals surface area contributed by atoms with E-state index in [-0.39, 0.29) is 18.2 Å². The van der Waals surface area contributed by atoms with Gasteiger partial charge in [-0.1, -0.05) is 0 Å². The molecule has 1 saturated carbocycles. The molecule has 0 atom stereocenters. The lowest BCUT2D eigenvalue weighted by Gasteiger charge is -2.35. The molecule has 0 aromatic carbocycles. The molecule has 1 aromatic heterocycles. The lowest BCUT2D eigenvalue weighted by Crippen LogP contribution is -2.50. The van der Waals surface area contributed by atoms with E-state index < -0.39 is 5.60 Å². The number of amides is 1. The third-order valence-electron chi connectivity index (χ3n) is 2.63. The highest BCUT2D eigenvalue weighted by Gasteiger charge is 2.33. The molecular formula is C13H19N3O3. The Kier molecular flexibility index (Phi) is 3.87. The Bertz CT molecular complexity index is 425. The Morgan fingerprint density at radius 2 is 1.95 bits per heavy atom. The first-order valence-electron chi connectivity index (χ1n) is 6.35. The molecule has 6 nitrogen and oxygen atoms in total. The van der Waals surface area contributed by atoms with Gasteiger partial charge in [0.25, 0.3) is 0 Å². The van der Waals surface area contributed by atoms with Crippen LogP contribution in [-0.2, 0) is 4.74 Å². The van der Waals surface area contributed by atoms with Gasteiger partial charge in [-0.15, -0.1) is 0 Å². The molecule has 6 heteroatoms. The molecule has 104 valence electrons. The fourth-order valence-corrected chi connectivity index (χ4v) is 1.75. The van der Waals surface area contributed by atoms with Crippen LogP contribution < -0.4 is 10.1 Å². The molecule has 1 N–H and O–H groups in total. The highest BCUT2D eigenvalue weighted by atomic mass is 16.6. The van der Waals surface area contributed by atoms with Crippen molar-refractivity contribution in [3.05, 3.63) is 18.5 Å². The first-order chi connectivity index (χ1) is 8.92. The van der Waals surface area contributed by atoms with E-state index in [1.165, 1.54) is 0 Å². The summed E-state index contributed by atoms with van der Waals surface area (Å²) in [6.45, 7) is 5.52. The van der Waals surface area contributed by atoms with Crippen molar-refractivity contribution in [1.29, 1.82) is 0 Å². The summed E-state index contributed by atoms with van der Waals surface area (Å²) in [5, 5.41) is 2.81. The van der Waals surface area contributed by atoms with Crippen LogP contribution in [0.4, 0.5) is 4.79 Å². The zero-order valence-corrected chi connectivity index (χ0v) is 11.4. The lowest BCUT2D eigenvalue weighted by atomic mass is 9.89. The Hall–Kier alpha value is -1.85. The van der Waals surface area contributed by atoms with E-state index in [1.54, 1.807) is 18.5 Å². The van der Waals surface area contributed by atoms with Crippen molar-refractivity contribution in [2.24, 2.45) is 0 Å². The maximum absolute atomic E-state index is 11.5. The molecule has 1 aliphatic carbocycles. The first-order valence-corrected chi connectivity index (χ1v) is 6.35. The van der Waals surface area contributed by atoms with Crippen molar-refractivity contribution < 1.29 is 14.3 Å². The third kappa shape index (κ3) is 4.39. The van der Waals surface area contributed by atoms with Crippen LogP contribution in [0.15, 0.2) is 18.5 Å². The zero-order valence-electron chi connectivity index (χ0n) is 11.4. The molecule has 19 heavy (non-hydrogen) atoms. The van der Waals surface area contributed by atoms with Crippen molar-refractivity contribution in [2.75, 3.05) is 0 Å². The van der Waals surface area contributed by atoms with Crippen LogP contribution in [0, 0.1) is 0 Å². The van der Waals surface area contributed by atoms with Crippen molar-refractivity contribution in [3.8, 4) is 6.01 Å². The molecule has 0 spiro atoms. The van der Waals surface area contributed by atoms with Gasteiger partial charge in [-0.25, -0.2) is 14.8 Å². The third-order valence-corrected chi connectivity index (χ3v) is 2.63. The number of aromatic nitrogens is 2. The number of rotatable bonds is 3. The summed E-state index contributed by atoms with van der Waals surface area (Å²) in [4.78, 5) is 19.5. The number of hydrogen-bond acceptors (Lipinski definition) is 5. The lowest BCUT2D eigenvalue weighted by molar-refractivity contribution is 0.0345.